The molecule has 1 aliphatic rings. The van der Waals surface area contributed by atoms with Crippen molar-refractivity contribution in [2.75, 3.05) is 20.2 Å². The number of methoxy groups -OCH3 is 1. The number of hydrogen-bond acceptors (Lipinski definition) is 5. The summed E-state index contributed by atoms with van der Waals surface area (Å²) in [5.74, 6) is -1.94. The molecule has 1 atom stereocenters. The zero-order chi connectivity index (χ0) is 15.5. The van der Waals surface area contributed by atoms with E-state index in [1.165, 1.54) is 12.1 Å². The van der Waals surface area contributed by atoms with Gasteiger partial charge >= 0.3 is 5.97 Å². The number of hydrogen-bond donors (Lipinski definition) is 2. The molecular weight excluding hydrogens is 335 g/mol. The predicted octanol–water partition coefficient (Wildman–Crippen LogP) is 1.06. The van der Waals surface area contributed by atoms with Gasteiger partial charge in [-0.1, -0.05) is 6.07 Å². The highest BCUT2D eigenvalue weighted by Crippen LogP contribution is 2.20. The summed E-state index contributed by atoms with van der Waals surface area (Å²) in [6.45, 7) is 1.34. The van der Waals surface area contributed by atoms with E-state index in [4.69, 9.17) is 0 Å². The minimum atomic E-state index is -4.00. The molecule has 2 N–H and O–H groups in total. The van der Waals surface area contributed by atoms with Crippen molar-refractivity contribution in [3.8, 4) is 0 Å². The molecule has 124 valence electrons. The third-order valence-electron chi connectivity index (χ3n) is 3.27. The number of carbonyl (C=O) groups is 1. The van der Waals surface area contributed by atoms with Crippen molar-refractivity contribution >= 4 is 28.4 Å². The van der Waals surface area contributed by atoms with Crippen molar-refractivity contribution in [1.29, 1.82) is 0 Å². The fourth-order valence-electron chi connectivity index (χ4n) is 2.26. The van der Waals surface area contributed by atoms with Gasteiger partial charge in [-0.2, -0.15) is 0 Å². The van der Waals surface area contributed by atoms with Crippen molar-refractivity contribution in [3.63, 3.8) is 0 Å². The van der Waals surface area contributed by atoms with Gasteiger partial charge in [0.1, 0.15) is 11.4 Å². The zero-order valence-electron chi connectivity index (χ0n) is 12.0. The Morgan fingerprint density at radius 3 is 2.77 bits per heavy atom. The van der Waals surface area contributed by atoms with Gasteiger partial charge in [0.25, 0.3) is 0 Å². The van der Waals surface area contributed by atoms with E-state index >= 15 is 0 Å². The predicted molar refractivity (Wildman–Crippen MR) is 81.2 cm³/mol. The van der Waals surface area contributed by atoms with Gasteiger partial charge in [-0.3, -0.25) is 0 Å². The van der Waals surface area contributed by atoms with E-state index < -0.39 is 32.3 Å². The van der Waals surface area contributed by atoms with E-state index in [1.807, 2.05) is 0 Å². The first-order chi connectivity index (χ1) is 9.95. The molecule has 1 unspecified atom stereocenters. The van der Waals surface area contributed by atoms with Crippen molar-refractivity contribution in [2.45, 2.75) is 23.8 Å². The summed E-state index contributed by atoms with van der Waals surface area (Å²) in [5.41, 5.74) is -0.573. The Hall–Kier alpha value is -1.22. The molecule has 1 fully saturated rings. The van der Waals surface area contributed by atoms with Crippen LogP contribution < -0.4 is 10.0 Å². The van der Waals surface area contributed by atoms with Gasteiger partial charge in [0.2, 0.25) is 10.0 Å². The smallest absolute Gasteiger partial charge is 0.342 e. The molecule has 0 aliphatic carbocycles. The van der Waals surface area contributed by atoms with Gasteiger partial charge in [-0.15, -0.1) is 12.4 Å². The van der Waals surface area contributed by atoms with Crippen molar-refractivity contribution in [3.05, 3.63) is 29.6 Å². The Bertz CT molecular complexity index is 633. The molecule has 0 spiro atoms. The number of esters is 1. The van der Waals surface area contributed by atoms with Crippen molar-refractivity contribution < 1.29 is 22.3 Å². The maximum atomic E-state index is 13.8. The zero-order valence-corrected chi connectivity index (χ0v) is 13.6. The van der Waals surface area contributed by atoms with Crippen LogP contribution in [-0.4, -0.2) is 40.6 Å². The van der Waals surface area contributed by atoms with E-state index in [1.54, 1.807) is 0 Å². The van der Waals surface area contributed by atoms with Gasteiger partial charge in [-0.05, 0) is 31.5 Å². The summed E-state index contributed by atoms with van der Waals surface area (Å²) < 4.78 is 45.5. The average molecular weight is 353 g/mol. The van der Waals surface area contributed by atoms with Crippen LogP contribution in [0.5, 0.6) is 0 Å². The number of halogens is 2. The van der Waals surface area contributed by atoms with Crippen LogP contribution in [0.25, 0.3) is 0 Å². The number of benzene rings is 1. The summed E-state index contributed by atoms with van der Waals surface area (Å²) in [4.78, 5) is 11.2. The minimum Gasteiger partial charge on any atom is -0.465 e. The fraction of sp³-hybridized carbons (Fsp3) is 0.462. The van der Waals surface area contributed by atoms with Gasteiger partial charge in [0.05, 0.1) is 12.0 Å². The van der Waals surface area contributed by atoms with Crippen LogP contribution in [0.4, 0.5) is 4.39 Å². The van der Waals surface area contributed by atoms with Crippen LogP contribution in [0.3, 0.4) is 0 Å². The molecule has 0 bridgehead atoms. The topological polar surface area (TPSA) is 84.5 Å². The summed E-state index contributed by atoms with van der Waals surface area (Å²) in [6, 6.07) is 3.18. The van der Waals surface area contributed by atoms with Gasteiger partial charge in [0, 0.05) is 12.6 Å². The Balaban J connectivity index is 0.00000242. The Kier molecular flexibility index (Phi) is 6.73. The minimum absolute atomic E-state index is 0. The van der Waals surface area contributed by atoms with E-state index in [0.29, 0.717) is 13.0 Å². The Morgan fingerprint density at radius 2 is 2.18 bits per heavy atom. The lowest BCUT2D eigenvalue weighted by Crippen LogP contribution is -2.45. The van der Waals surface area contributed by atoms with Crippen LogP contribution >= 0.6 is 12.4 Å². The summed E-state index contributed by atoms with van der Waals surface area (Å²) in [5, 5.41) is 3.08. The summed E-state index contributed by atoms with van der Waals surface area (Å²) in [6.07, 6.45) is 1.54. The largest absolute Gasteiger partial charge is 0.465 e. The van der Waals surface area contributed by atoms with Crippen LogP contribution in [0.1, 0.15) is 23.2 Å². The standard InChI is InChI=1S/C13H17FN2O4S.ClH/c1-20-13(17)12-10(14)5-2-6-11(12)21(18,19)16-9-4-3-7-15-8-9;/h2,5-6,9,15-16H,3-4,7-8H2,1H3;1H. The summed E-state index contributed by atoms with van der Waals surface area (Å²) in [7, 11) is -2.93. The van der Waals surface area contributed by atoms with E-state index in [0.717, 1.165) is 26.1 Å². The molecule has 22 heavy (non-hydrogen) atoms. The molecule has 2 rings (SSSR count). The molecule has 1 heterocycles. The third kappa shape index (κ3) is 4.16. The molecule has 9 heteroatoms. The van der Waals surface area contributed by atoms with Crippen LogP contribution in [0.2, 0.25) is 0 Å². The maximum Gasteiger partial charge on any atom is 0.342 e. The molecule has 0 saturated carbocycles. The fourth-order valence-corrected chi connectivity index (χ4v) is 3.74. The molecule has 1 saturated heterocycles. The quantitative estimate of drug-likeness (QED) is 0.792. The molecule has 0 aromatic heterocycles. The lowest BCUT2D eigenvalue weighted by molar-refractivity contribution is 0.0590. The number of sulfonamides is 1. The van der Waals surface area contributed by atoms with Crippen LogP contribution in [-0.2, 0) is 14.8 Å². The van der Waals surface area contributed by atoms with Crippen LogP contribution in [0, 0.1) is 5.82 Å². The second-order valence-corrected chi connectivity index (χ2v) is 6.45. The molecule has 6 nitrogen and oxygen atoms in total. The van der Waals surface area contributed by atoms with Crippen molar-refractivity contribution in [2.24, 2.45) is 0 Å². The highest BCUT2D eigenvalue weighted by atomic mass is 35.5. The first kappa shape index (κ1) is 18.8. The SMILES string of the molecule is COC(=O)c1c(F)cccc1S(=O)(=O)NC1CCCNC1.Cl. The van der Waals surface area contributed by atoms with Gasteiger partial charge in [-0.25, -0.2) is 22.3 Å². The molecule has 1 aliphatic heterocycles. The first-order valence-electron chi connectivity index (χ1n) is 6.55. The Labute approximate surface area is 134 Å². The molecule has 1 aromatic carbocycles. The number of ether oxygens (including phenoxy) is 1. The number of rotatable bonds is 4. The lowest BCUT2D eigenvalue weighted by Gasteiger charge is -2.24. The highest BCUT2D eigenvalue weighted by molar-refractivity contribution is 7.89. The van der Waals surface area contributed by atoms with Gasteiger partial charge < -0.3 is 10.1 Å². The number of nitrogens with one attached hydrogen (secondary N) is 2. The molecular formula is C13H18ClFN2O4S. The van der Waals surface area contributed by atoms with E-state index in [-0.39, 0.29) is 18.4 Å². The van der Waals surface area contributed by atoms with E-state index in [2.05, 4.69) is 14.8 Å². The normalized spacial score (nSPS) is 18.4. The first-order valence-corrected chi connectivity index (χ1v) is 8.04. The third-order valence-corrected chi connectivity index (χ3v) is 4.84. The monoisotopic (exact) mass is 352 g/mol. The molecule has 0 radical (unpaired) electrons. The van der Waals surface area contributed by atoms with Crippen LogP contribution in [0.15, 0.2) is 23.1 Å². The maximum absolute atomic E-state index is 13.8. The molecule has 0 amide bonds. The second-order valence-electron chi connectivity index (χ2n) is 4.77. The Morgan fingerprint density at radius 1 is 1.45 bits per heavy atom. The summed E-state index contributed by atoms with van der Waals surface area (Å²) >= 11 is 0. The second kappa shape index (κ2) is 7.87. The number of carbonyl (C=O) groups excluding carboxylic acids is 1. The molecule has 1 aromatic rings. The average Bonchev–Trinajstić information content (AvgIpc) is 2.47. The van der Waals surface area contributed by atoms with E-state index in [9.17, 15) is 17.6 Å². The van der Waals surface area contributed by atoms with Gasteiger partial charge in [0.15, 0.2) is 0 Å². The number of piperidine rings is 1. The van der Waals surface area contributed by atoms with Crippen molar-refractivity contribution in [1.82, 2.24) is 10.0 Å². The highest BCUT2D eigenvalue weighted by Gasteiger charge is 2.28. The lowest BCUT2D eigenvalue weighted by atomic mass is 10.1.